The fraction of sp³-hybridized carbons (Fsp3) is 0.355. The molecular weight excluding hydrogens is 529 g/mol. The number of rotatable bonds is 14. The second kappa shape index (κ2) is 14.6. The molecule has 214 valence electrons. The summed E-state index contributed by atoms with van der Waals surface area (Å²) in [6.07, 6.45) is 2.21. The molecule has 0 aliphatic carbocycles. The van der Waals surface area contributed by atoms with E-state index in [0.717, 1.165) is 28.1 Å². The van der Waals surface area contributed by atoms with E-state index in [1.54, 1.807) is 11.0 Å². The molecule has 3 aromatic rings. The maximum atomic E-state index is 14.4. The number of carbonyl (C=O) groups excluding carboxylic acids is 2. The Morgan fingerprint density at radius 1 is 0.900 bits per heavy atom. The van der Waals surface area contributed by atoms with Gasteiger partial charge in [0.05, 0.1) is 11.9 Å². The molecule has 3 aromatic carbocycles. The van der Waals surface area contributed by atoms with Gasteiger partial charge in [0.1, 0.15) is 11.9 Å². The van der Waals surface area contributed by atoms with Crippen molar-refractivity contribution in [3.63, 3.8) is 0 Å². The Kier molecular flexibility index (Phi) is 11.3. The van der Waals surface area contributed by atoms with E-state index in [1.165, 1.54) is 18.2 Å². The predicted octanol–water partition coefficient (Wildman–Crippen LogP) is 4.93. The number of para-hydroxylation sites is 1. The van der Waals surface area contributed by atoms with Gasteiger partial charge in [-0.05, 0) is 43.0 Å². The van der Waals surface area contributed by atoms with Gasteiger partial charge in [0.2, 0.25) is 21.8 Å². The molecular formula is C31H38FN3O4S. The van der Waals surface area contributed by atoms with Crippen molar-refractivity contribution in [1.82, 2.24) is 10.2 Å². The van der Waals surface area contributed by atoms with E-state index in [-0.39, 0.29) is 49.5 Å². The molecule has 3 rings (SSSR count). The number of benzene rings is 3. The van der Waals surface area contributed by atoms with Gasteiger partial charge in [-0.3, -0.25) is 13.9 Å². The topological polar surface area (TPSA) is 86.8 Å². The minimum absolute atomic E-state index is 0.0186. The van der Waals surface area contributed by atoms with Crippen LogP contribution in [0.25, 0.3) is 0 Å². The van der Waals surface area contributed by atoms with Gasteiger partial charge in [-0.15, -0.1) is 0 Å². The molecule has 0 radical (unpaired) electrons. The fourth-order valence-corrected chi connectivity index (χ4v) is 5.38. The Hall–Kier alpha value is -3.72. The van der Waals surface area contributed by atoms with E-state index < -0.39 is 21.9 Å². The van der Waals surface area contributed by atoms with Crippen LogP contribution >= 0.6 is 0 Å². The summed E-state index contributed by atoms with van der Waals surface area (Å²) in [6, 6.07) is 23.8. The minimum Gasteiger partial charge on any atom is -0.352 e. The minimum atomic E-state index is -3.79. The predicted molar refractivity (Wildman–Crippen MR) is 157 cm³/mol. The van der Waals surface area contributed by atoms with Gasteiger partial charge in [0.25, 0.3) is 0 Å². The number of hydrogen-bond donors (Lipinski definition) is 1. The van der Waals surface area contributed by atoms with Gasteiger partial charge in [0.15, 0.2) is 0 Å². The first-order valence-electron chi connectivity index (χ1n) is 13.5. The molecule has 0 bridgehead atoms. The van der Waals surface area contributed by atoms with Crippen molar-refractivity contribution in [3.8, 4) is 0 Å². The smallest absolute Gasteiger partial charge is 0.243 e. The third kappa shape index (κ3) is 8.91. The van der Waals surface area contributed by atoms with Crippen LogP contribution in [0.5, 0.6) is 0 Å². The molecule has 0 aliphatic heterocycles. The van der Waals surface area contributed by atoms with Gasteiger partial charge in [-0.2, -0.15) is 0 Å². The lowest BCUT2D eigenvalue weighted by atomic mass is 10.0. The first kappa shape index (κ1) is 30.8. The maximum absolute atomic E-state index is 14.4. The average molecular weight is 568 g/mol. The van der Waals surface area contributed by atoms with Gasteiger partial charge in [-0.1, -0.05) is 79.7 Å². The molecule has 0 heterocycles. The summed E-state index contributed by atoms with van der Waals surface area (Å²) in [5.74, 6) is -1.19. The lowest BCUT2D eigenvalue weighted by Gasteiger charge is -2.32. The number of nitrogens with one attached hydrogen (secondary N) is 1. The lowest BCUT2D eigenvalue weighted by molar-refractivity contribution is -0.141. The largest absolute Gasteiger partial charge is 0.352 e. The van der Waals surface area contributed by atoms with Crippen molar-refractivity contribution in [1.29, 1.82) is 0 Å². The summed E-state index contributed by atoms with van der Waals surface area (Å²) in [5, 5.41) is 3.03. The molecule has 0 aromatic heterocycles. The molecule has 0 saturated heterocycles. The lowest BCUT2D eigenvalue weighted by Crippen LogP contribution is -2.52. The number of carbonyl (C=O) groups is 2. The van der Waals surface area contributed by atoms with Crippen LogP contribution in [0.1, 0.15) is 44.2 Å². The Labute approximate surface area is 237 Å². The van der Waals surface area contributed by atoms with Crippen molar-refractivity contribution in [2.45, 2.75) is 58.2 Å². The summed E-state index contributed by atoms with van der Waals surface area (Å²) in [5.41, 5.74) is 1.73. The first-order chi connectivity index (χ1) is 19.1. The van der Waals surface area contributed by atoms with Crippen molar-refractivity contribution >= 4 is 27.5 Å². The van der Waals surface area contributed by atoms with Gasteiger partial charge in [-0.25, -0.2) is 12.8 Å². The molecule has 9 heteroatoms. The van der Waals surface area contributed by atoms with Crippen LogP contribution in [0.2, 0.25) is 0 Å². The molecule has 0 aliphatic rings. The number of halogens is 1. The third-order valence-electron chi connectivity index (χ3n) is 6.74. The highest BCUT2D eigenvalue weighted by Gasteiger charge is 2.31. The molecule has 2 atom stereocenters. The number of amides is 2. The van der Waals surface area contributed by atoms with Gasteiger partial charge >= 0.3 is 0 Å². The van der Waals surface area contributed by atoms with Gasteiger partial charge < -0.3 is 10.2 Å². The highest BCUT2D eigenvalue weighted by atomic mass is 32.2. The Bertz CT molecular complexity index is 1350. The van der Waals surface area contributed by atoms with E-state index in [0.29, 0.717) is 6.42 Å². The van der Waals surface area contributed by atoms with Crippen LogP contribution < -0.4 is 9.62 Å². The zero-order valence-electron chi connectivity index (χ0n) is 23.3. The molecule has 40 heavy (non-hydrogen) atoms. The Morgan fingerprint density at radius 2 is 1.48 bits per heavy atom. The van der Waals surface area contributed by atoms with E-state index in [2.05, 4.69) is 5.32 Å². The first-order valence-corrected chi connectivity index (χ1v) is 15.3. The Balaban J connectivity index is 1.87. The van der Waals surface area contributed by atoms with E-state index in [4.69, 9.17) is 0 Å². The number of anilines is 1. The zero-order chi connectivity index (χ0) is 29.1. The number of hydrogen-bond acceptors (Lipinski definition) is 4. The van der Waals surface area contributed by atoms with Crippen LogP contribution in [0.3, 0.4) is 0 Å². The zero-order valence-corrected chi connectivity index (χ0v) is 24.1. The molecule has 7 nitrogen and oxygen atoms in total. The maximum Gasteiger partial charge on any atom is 0.243 e. The summed E-state index contributed by atoms with van der Waals surface area (Å²) in [7, 11) is -3.79. The van der Waals surface area contributed by atoms with Crippen molar-refractivity contribution in [3.05, 3.63) is 102 Å². The molecule has 1 N–H and O–H groups in total. The normalized spacial score (nSPS) is 12.8. The fourth-order valence-electron chi connectivity index (χ4n) is 4.41. The molecule has 0 unspecified atom stereocenters. The van der Waals surface area contributed by atoms with Crippen LogP contribution in [0.4, 0.5) is 10.1 Å². The van der Waals surface area contributed by atoms with Crippen LogP contribution in [-0.2, 0) is 32.6 Å². The molecule has 0 fully saturated rings. The van der Waals surface area contributed by atoms with E-state index in [1.807, 2.05) is 74.5 Å². The van der Waals surface area contributed by atoms with Crippen molar-refractivity contribution < 1.29 is 22.4 Å². The highest BCUT2D eigenvalue weighted by Crippen LogP contribution is 2.23. The van der Waals surface area contributed by atoms with Crippen molar-refractivity contribution in [2.24, 2.45) is 0 Å². The Morgan fingerprint density at radius 3 is 2.05 bits per heavy atom. The van der Waals surface area contributed by atoms with Crippen molar-refractivity contribution in [2.75, 3.05) is 17.1 Å². The molecule has 2 amide bonds. The van der Waals surface area contributed by atoms with E-state index >= 15 is 0 Å². The molecule has 0 saturated carbocycles. The summed E-state index contributed by atoms with van der Waals surface area (Å²) < 4.78 is 40.4. The monoisotopic (exact) mass is 567 g/mol. The highest BCUT2D eigenvalue weighted by molar-refractivity contribution is 7.92. The summed E-state index contributed by atoms with van der Waals surface area (Å²) in [4.78, 5) is 28.9. The third-order valence-corrected chi connectivity index (χ3v) is 7.92. The second-order valence-corrected chi connectivity index (χ2v) is 11.8. The summed E-state index contributed by atoms with van der Waals surface area (Å²) >= 11 is 0. The van der Waals surface area contributed by atoms with E-state index in [9.17, 15) is 22.4 Å². The van der Waals surface area contributed by atoms with Crippen LogP contribution in [0.15, 0.2) is 84.9 Å². The standard InChI is InChI=1S/C31H38FN3O4S/c1-4-24(2)33-31(37)29(22-25-14-7-5-8-15-25)34(23-26-16-9-6-10-17-26)30(36)20-13-21-35(40(3,38)39)28-19-12-11-18-27(28)32/h5-12,14-19,24,29H,4,13,20-23H2,1-3H3,(H,33,37)/t24-,29-/m1/s1. The number of sulfonamides is 1. The summed E-state index contributed by atoms with van der Waals surface area (Å²) in [6.45, 7) is 4.04. The molecule has 0 spiro atoms. The van der Waals surface area contributed by atoms with Gasteiger partial charge in [0, 0.05) is 32.0 Å². The quantitative estimate of drug-likeness (QED) is 0.299. The second-order valence-electron chi connectivity index (χ2n) is 9.92. The SMILES string of the molecule is CC[C@@H](C)NC(=O)[C@@H](Cc1ccccc1)N(Cc1ccccc1)C(=O)CCCN(c1ccccc1F)S(C)(=O)=O. The number of nitrogens with zero attached hydrogens (tertiary/aromatic N) is 2. The van der Waals surface area contributed by atoms with Crippen LogP contribution in [0, 0.1) is 5.82 Å². The van der Waals surface area contributed by atoms with Crippen LogP contribution in [-0.4, -0.2) is 50.0 Å². The average Bonchev–Trinajstić information content (AvgIpc) is 2.93.